The smallest absolute Gasteiger partial charge is 0.260 e. The van der Waals surface area contributed by atoms with Gasteiger partial charge in [0.15, 0.2) is 0 Å². The molecule has 126 valence electrons. The molecule has 1 aromatic heterocycles. The highest BCUT2D eigenvalue weighted by Crippen LogP contribution is 2.22. The van der Waals surface area contributed by atoms with Gasteiger partial charge in [-0.2, -0.15) is 0 Å². The molecule has 3 rings (SSSR count). The van der Waals surface area contributed by atoms with Crippen LogP contribution >= 0.6 is 11.6 Å². The van der Waals surface area contributed by atoms with Gasteiger partial charge in [-0.15, -0.1) is 0 Å². The summed E-state index contributed by atoms with van der Waals surface area (Å²) in [4.78, 5) is 18.9. The molecule has 4 nitrogen and oxygen atoms in total. The van der Waals surface area contributed by atoms with E-state index in [4.69, 9.17) is 11.6 Å². The van der Waals surface area contributed by atoms with Crippen LogP contribution in [-0.2, 0) is 0 Å². The number of nitrogens with zero attached hydrogens (tertiary/aromatic N) is 2. The first-order valence-corrected chi connectivity index (χ1v) is 8.49. The van der Waals surface area contributed by atoms with Gasteiger partial charge in [0.2, 0.25) is 0 Å². The second-order valence-corrected chi connectivity index (χ2v) is 6.26. The predicted molar refractivity (Wildman–Crippen MR) is 94.3 cm³/mol. The van der Waals surface area contributed by atoms with Gasteiger partial charge in [0.1, 0.15) is 11.6 Å². The molecule has 1 fully saturated rings. The van der Waals surface area contributed by atoms with Crippen LogP contribution in [0.5, 0.6) is 0 Å². The lowest BCUT2D eigenvalue weighted by Gasteiger charge is -2.21. The fourth-order valence-corrected chi connectivity index (χ4v) is 3.10. The summed E-state index contributed by atoms with van der Waals surface area (Å²) in [5, 5.41) is 2.72. The predicted octanol–water partition coefficient (Wildman–Crippen LogP) is 4.51. The quantitative estimate of drug-likeness (QED) is 0.888. The van der Waals surface area contributed by atoms with Crippen LogP contribution < -0.4 is 10.2 Å². The Hall–Kier alpha value is -2.14. The zero-order chi connectivity index (χ0) is 16.9. The average Bonchev–Trinajstić information content (AvgIpc) is 2.85. The molecule has 0 aliphatic carbocycles. The molecule has 0 bridgehead atoms. The third kappa shape index (κ3) is 3.85. The molecule has 2 heterocycles. The first kappa shape index (κ1) is 16.7. The maximum Gasteiger partial charge on any atom is 0.260 e. The normalized spacial score (nSPS) is 15.0. The minimum absolute atomic E-state index is 0.0849. The van der Waals surface area contributed by atoms with Gasteiger partial charge in [-0.25, -0.2) is 9.37 Å². The number of anilines is 2. The lowest BCUT2D eigenvalue weighted by Crippen LogP contribution is -2.24. The Bertz CT molecular complexity index is 692. The van der Waals surface area contributed by atoms with E-state index in [0.29, 0.717) is 5.69 Å². The highest BCUT2D eigenvalue weighted by atomic mass is 35.5. The molecule has 0 unspecified atom stereocenters. The standard InChI is InChI=1S/C18H19ClFN3O/c19-14-6-5-7-15(20)17(14)18(24)22-13-8-9-16(21-12-13)23-10-3-1-2-4-11-23/h5-9,12H,1-4,10-11H2,(H,22,24). The Labute approximate surface area is 145 Å². The monoisotopic (exact) mass is 347 g/mol. The second kappa shape index (κ2) is 7.62. The summed E-state index contributed by atoms with van der Waals surface area (Å²) >= 11 is 5.91. The molecule has 0 atom stereocenters. The van der Waals surface area contributed by atoms with Crippen molar-refractivity contribution in [1.29, 1.82) is 0 Å². The van der Waals surface area contributed by atoms with Gasteiger partial charge in [-0.05, 0) is 37.1 Å². The second-order valence-electron chi connectivity index (χ2n) is 5.86. The van der Waals surface area contributed by atoms with Crippen LogP contribution in [-0.4, -0.2) is 24.0 Å². The third-order valence-corrected chi connectivity index (χ3v) is 4.44. The highest BCUT2D eigenvalue weighted by molar-refractivity contribution is 6.34. The van der Waals surface area contributed by atoms with Gasteiger partial charge >= 0.3 is 0 Å². The number of hydrogen-bond donors (Lipinski definition) is 1. The van der Waals surface area contributed by atoms with E-state index >= 15 is 0 Å². The minimum Gasteiger partial charge on any atom is -0.357 e. The number of amides is 1. The molecule has 0 radical (unpaired) electrons. The fourth-order valence-electron chi connectivity index (χ4n) is 2.86. The van der Waals surface area contributed by atoms with Crippen molar-refractivity contribution in [3.05, 3.63) is 52.9 Å². The number of pyridine rings is 1. The van der Waals surface area contributed by atoms with Gasteiger partial charge in [0.25, 0.3) is 5.91 Å². The molecule has 1 aliphatic rings. The van der Waals surface area contributed by atoms with Crippen LogP contribution in [0.15, 0.2) is 36.5 Å². The first-order valence-electron chi connectivity index (χ1n) is 8.11. The third-order valence-electron chi connectivity index (χ3n) is 4.13. The van der Waals surface area contributed by atoms with Crippen LogP contribution in [0.2, 0.25) is 5.02 Å². The summed E-state index contributed by atoms with van der Waals surface area (Å²) in [7, 11) is 0. The van der Waals surface area contributed by atoms with E-state index in [1.165, 1.54) is 43.9 Å². The van der Waals surface area contributed by atoms with Gasteiger partial charge in [0, 0.05) is 13.1 Å². The van der Waals surface area contributed by atoms with E-state index in [2.05, 4.69) is 15.2 Å². The van der Waals surface area contributed by atoms with E-state index in [1.807, 2.05) is 6.07 Å². The number of carbonyl (C=O) groups is 1. The molecule has 1 aromatic carbocycles. The van der Waals surface area contributed by atoms with Crippen molar-refractivity contribution in [2.75, 3.05) is 23.3 Å². The largest absolute Gasteiger partial charge is 0.357 e. The molecular formula is C18H19ClFN3O. The summed E-state index contributed by atoms with van der Waals surface area (Å²) in [5.74, 6) is -0.324. The van der Waals surface area contributed by atoms with Gasteiger partial charge in [-0.3, -0.25) is 4.79 Å². The van der Waals surface area contributed by atoms with Crippen molar-refractivity contribution in [1.82, 2.24) is 4.98 Å². The summed E-state index contributed by atoms with van der Waals surface area (Å²) in [5.41, 5.74) is 0.355. The van der Waals surface area contributed by atoms with Crippen molar-refractivity contribution < 1.29 is 9.18 Å². The van der Waals surface area contributed by atoms with E-state index in [-0.39, 0.29) is 10.6 Å². The maximum atomic E-state index is 13.8. The molecule has 2 aromatic rings. The first-order chi connectivity index (χ1) is 11.6. The number of halogens is 2. The van der Waals surface area contributed by atoms with E-state index < -0.39 is 11.7 Å². The fraction of sp³-hybridized carbons (Fsp3) is 0.333. The Morgan fingerprint density at radius 3 is 2.50 bits per heavy atom. The summed E-state index contributed by atoms with van der Waals surface area (Å²) in [6.45, 7) is 2.01. The van der Waals surface area contributed by atoms with Crippen molar-refractivity contribution in [3.63, 3.8) is 0 Å². The van der Waals surface area contributed by atoms with Crippen molar-refractivity contribution >= 4 is 29.0 Å². The minimum atomic E-state index is -0.644. The van der Waals surface area contributed by atoms with Gasteiger partial charge < -0.3 is 10.2 Å². The van der Waals surface area contributed by atoms with Crippen molar-refractivity contribution in [2.24, 2.45) is 0 Å². The van der Waals surface area contributed by atoms with Crippen LogP contribution in [0.4, 0.5) is 15.9 Å². The van der Waals surface area contributed by atoms with E-state index in [9.17, 15) is 9.18 Å². The zero-order valence-corrected chi connectivity index (χ0v) is 14.0. The average molecular weight is 348 g/mol. The molecule has 24 heavy (non-hydrogen) atoms. The number of aromatic nitrogens is 1. The summed E-state index contributed by atoms with van der Waals surface area (Å²) in [6.07, 6.45) is 6.45. The van der Waals surface area contributed by atoms with Crippen molar-refractivity contribution in [3.8, 4) is 0 Å². The SMILES string of the molecule is O=C(Nc1ccc(N2CCCCCC2)nc1)c1c(F)cccc1Cl. The van der Waals surface area contributed by atoms with Crippen LogP contribution in [0, 0.1) is 5.82 Å². The molecule has 1 aliphatic heterocycles. The zero-order valence-electron chi connectivity index (χ0n) is 13.3. The maximum absolute atomic E-state index is 13.8. The molecule has 0 spiro atoms. The number of carbonyl (C=O) groups excluding carboxylic acids is 1. The van der Waals surface area contributed by atoms with Gasteiger partial charge in [0.05, 0.1) is 22.5 Å². The van der Waals surface area contributed by atoms with Gasteiger partial charge in [-0.1, -0.05) is 30.5 Å². The summed E-state index contributed by atoms with van der Waals surface area (Å²) < 4.78 is 13.8. The van der Waals surface area contributed by atoms with Crippen LogP contribution in [0.25, 0.3) is 0 Å². The van der Waals surface area contributed by atoms with E-state index in [0.717, 1.165) is 18.9 Å². The summed E-state index contributed by atoms with van der Waals surface area (Å²) in [6, 6.07) is 7.82. The Morgan fingerprint density at radius 2 is 1.88 bits per heavy atom. The topological polar surface area (TPSA) is 45.2 Å². The Balaban J connectivity index is 1.71. The molecule has 0 saturated carbocycles. The van der Waals surface area contributed by atoms with Crippen LogP contribution in [0.3, 0.4) is 0 Å². The highest BCUT2D eigenvalue weighted by Gasteiger charge is 2.16. The molecule has 1 saturated heterocycles. The van der Waals surface area contributed by atoms with Crippen LogP contribution in [0.1, 0.15) is 36.0 Å². The Kier molecular flexibility index (Phi) is 5.30. The number of nitrogens with one attached hydrogen (secondary N) is 1. The van der Waals surface area contributed by atoms with Crippen molar-refractivity contribution in [2.45, 2.75) is 25.7 Å². The number of rotatable bonds is 3. The molecule has 1 N–H and O–H groups in total. The molecule has 6 heteroatoms. The molecular weight excluding hydrogens is 329 g/mol. The molecule has 1 amide bonds. The lowest BCUT2D eigenvalue weighted by molar-refractivity contribution is 0.102. The number of benzene rings is 1. The lowest BCUT2D eigenvalue weighted by atomic mass is 10.2. The van der Waals surface area contributed by atoms with E-state index in [1.54, 1.807) is 12.3 Å². The number of hydrogen-bond acceptors (Lipinski definition) is 3. The Morgan fingerprint density at radius 1 is 1.12 bits per heavy atom.